The van der Waals surface area contributed by atoms with Crippen molar-refractivity contribution in [2.24, 2.45) is 24.8 Å². The Kier molecular flexibility index (Phi) is 6.29. The van der Waals surface area contributed by atoms with Gasteiger partial charge in [0.05, 0.1) is 30.0 Å². The Morgan fingerprint density at radius 3 is 2.75 bits per heavy atom. The normalized spacial score (nSPS) is 24.6. The molecule has 0 radical (unpaired) electrons. The van der Waals surface area contributed by atoms with Gasteiger partial charge < -0.3 is 14.6 Å². The molecule has 0 spiro atoms. The fraction of sp³-hybridized carbons (Fsp3) is 0.591. The van der Waals surface area contributed by atoms with Crippen LogP contribution in [0.5, 0.6) is 5.75 Å². The standard InChI is InChI=1S/C22H29N5O5/c1-12-9-15(12)11-31-22(30)24-20-19(25-26-27(20)3)17-7-8-18(13(2)23-17)32-16-6-4-5-14(10-16)21(28)29/h7-8,12,14-16H,4-6,9-11H2,1-3H3,(H,24,30)(H,28,29)/t12?,14-,15?,16-/m0/s1. The molecule has 10 heteroatoms. The lowest BCUT2D eigenvalue weighted by molar-refractivity contribution is -0.143. The molecule has 2 aliphatic carbocycles. The van der Waals surface area contributed by atoms with Crippen LogP contribution in [0.25, 0.3) is 11.4 Å². The minimum Gasteiger partial charge on any atom is -0.489 e. The van der Waals surface area contributed by atoms with E-state index in [1.807, 2.05) is 6.92 Å². The van der Waals surface area contributed by atoms with Crippen LogP contribution in [0.4, 0.5) is 10.6 Å². The molecule has 2 aromatic heterocycles. The molecule has 2 fully saturated rings. The van der Waals surface area contributed by atoms with Gasteiger partial charge in [0, 0.05) is 7.05 Å². The summed E-state index contributed by atoms with van der Waals surface area (Å²) in [5, 5.41) is 20.2. The second-order valence-corrected chi connectivity index (χ2v) is 8.83. The van der Waals surface area contributed by atoms with Crippen molar-refractivity contribution in [2.45, 2.75) is 52.1 Å². The molecule has 32 heavy (non-hydrogen) atoms. The summed E-state index contributed by atoms with van der Waals surface area (Å²) in [6, 6.07) is 3.56. The first-order chi connectivity index (χ1) is 15.3. The molecule has 0 saturated heterocycles. The van der Waals surface area contributed by atoms with Gasteiger partial charge in [-0.25, -0.2) is 14.5 Å². The summed E-state index contributed by atoms with van der Waals surface area (Å²) < 4.78 is 12.8. The SMILES string of the molecule is Cc1nc(-c2nnn(C)c2NC(=O)OCC2CC2C)ccc1O[C@H]1CCC[C@H](C(=O)O)C1. The molecule has 172 valence electrons. The molecule has 0 aromatic carbocycles. The minimum atomic E-state index is -0.767. The molecule has 2 aliphatic rings. The van der Waals surface area contributed by atoms with Crippen LogP contribution in [0.3, 0.4) is 0 Å². The number of hydrogen-bond acceptors (Lipinski definition) is 7. The van der Waals surface area contributed by atoms with E-state index in [1.54, 1.807) is 19.2 Å². The number of ether oxygens (including phenoxy) is 2. The number of hydrogen-bond donors (Lipinski definition) is 2. The van der Waals surface area contributed by atoms with Crippen LogP contribution in [-0.2, 0) is 16.6 Å². The van der Waals surface area contributed by atoms with Gasteiger partial charge in [0.2, 0.25) is 0 Å². The van der Waals surface area contributed by atoms with Gasteiger partial charge in [-0.15, -0.1) is 5.10 Å². The molecule has 4 atom stereocenters. The van der Waals surface area contributed by atoms with E-state index in [4.69, 9.17) is 9.47 Å². The number of amides is 1. The molecule has 4 rings (SSSR count). The number of carbonyl (C=O) groups is 2. The summed E-state index contributed by atoms with van der Waals surface area (Å²) >= 11 is 0. The van der Waals surface area contributed by atoms with Gasteiger partial charge in [0.1, 0.15) is 5.75 Å². The highest BCUT2D eigenvalue weighted by Gasteiger charge is 2.34. The number of pyridine rings is 1. The number of anilines is 1. The molecular formula is C22H29N5O5. The molecule has 0 aliphatic heterocycles. The zero-order chi connectivity index (χ0) is 22.8. The molecule has 10 nitrogen and oxygen atoms in total. The third kappa shape index (κ3) is 5.00. The second kappa shape index (κ2) is 9.13. The number of rotatable bonds is 7. The number of nitrogens with zero attached hydrogens (tertiary/aromatic N) is 4. The molecule has 2 aromatic rings. The van der Waals surface area contributed by atoms with Crippen LogP contribution in [0.15, 0.2) is 12.1 Å². The average molecular weight is 444 g/mol. The Hall–Kier alpha value is -3.17. The molecule has 1 amide bonds. The topological polar surface area (TPSA) is 128 Å². The van der Waals surface area contributed by atoms with Crippen molar-refractivity contribution >= 4 is 17.9 Å². The summed E-state index contributed by atoms with van der Waals surface area (Å²) in [6.07, 6.45) is 3.24. The van der Waals surface area contributed by atoms with Crippen LogP contribution in [0.2, 0.25) is 0 Å². The Balaban J connectivity index is 1.43. The predicted octanol–water partition coefficient (Wildman–Crippen LogP) is 3.41. The molecule has 0 bridgehead atoms. The Bertz CT molecular complexity index is 1010. The smallest absolute Gasteiger partial charge is 0.412 e. The fourth-order valence-corrected chi connectivity index (χ4v) is 4.08. The van der Waals surface area contributed by atoms with Gasteiger partial charge >= 0.3 is 12.1 Å². The number of nitrogens with one attached hydrogen (secondary N) is 1. The third-order valence-electron chi connectivity index (χ3n) is 6.30. The maximum atomic E-state index is 12.2. The zero-order valence-corrected chi connectivity index (χ0v) is 18.6. The van der Waals surface area contributed by atoms with Gasteiger partial charge in [-0.3, -0.25) is 10.1 Å². The van der Waals surface area contributed by atoms with Crippen LogP contribution in [-0.4, -0.2) is 49.9 Å². The lowest BCUT2D eigenvalue weighted by Crippen LogP contribution is -2.29. The second-order valence-electron chi connectivity index (χ2n) is 8.83. The lowest BCUT2D eigenvalue weighted by Gasteiger charge is -2.27. The summed E-state index contributed by atoms with van der Waals surface area (Å²) in [4.78, 5) is 28.1. The number of carboxylic acids is 1. The molecule has 2 unspecified atom stereocenters. The molecular weight excluding hydrogens is 414 g/mol. The van der Waals surface area contributed by atoms with Crippen molar-refractivity contribution < 1.29 is 24.2 Å². The maximum Gasteiger partial charge on any atom is 0.412 e. The first-order valence-corrected chi connectivity index (χ1v) is 11.0. The van der Waals surface area contributed by atoms with E-state index >= 15 is 0 Å². The van der Waals surface area contributed by atoms with Crippen LogP contribution in [0.1, 0.15) is 44.7 Å². The first kappa shape index (κ1) is 22.0. The quantitative estimate of drug-likeness (QED) is 0.666. The van der Waals surface area contributed by atoms with Crippen molar-refractivity contribution in [3.8, 4) is 17.1 Å². The number of aliphatic carboxylic acids is 1. The van der Waals surface area contributed by atoms with Crippen molar-refractivity contribution in [3.63, 3.8) is 0 Å². The van der Waals surface area contributed by atoms with E-state index < -0.39 is 12.1 Å². The lowest BCUT2D eigenvalue weighted by atomic mass is 9.87. The maximum absolute atomic E-state index is 12.2. The Morgan fingerprint density at radius 2 is 2.06 bits per heavy atom. The van der Waals surface area contributed by atoms with Crippen molar-refractivity contribution in [1.29, 1.82) is 0 Å². The predicted molar refractivity (Wildman–Crippen MR) is 115 cm³/mol. The Morgan fingerprint density at radius 1 is 1.28 bits per heavy atom. The summed E-state index contributed by atoms with van der Waals surface area (Å²) in [7, 11) is 1.68. The van der Waals surface area contributed by atoms with Crippen LogP contribution < -0.4 is 10.1 Å². The van der Waals surface area contributed by atoms with E-state index in [0.29, 0.717) is 59.9 Å². The fourth-order valence-electron chi connectivity index (χ4n) is 4.08. The van der Waals surface area contributed by atoms with Gasteiger partial charge in [0.15, 0.2) is 11.5 Å². The van der Waals surface area contributed by atoms with Crippen molar-refractivity contribution in [1.82, 2.24) is 20.0 Å². The summed E-state index contributed by atoms with van der Waals surface area (Å²) in [6.45, 7) is 4.36. The van der Waals surface area contributed by atoms with Gasteiger partial charge in [-0.05, 0) is 63.0 Å². The van der Waals surface area contributed by atoms with Gasteiger partial charge in [0.25, 0.3) is 0 Å². The number of carbonyl (C=O) groups excluding carboxylic acids is 1. The number of aromatic nitrogens is 4. The zero-order valence-electron chi connectivity index (χ0n) is 18.6. The highest BCUT2D eigenvalue weighted by Crippen LogP contribution is 2.37. The van der Waals surface area contributed by atoms with Gasteiger partial charge in [-0.2, -0.15) is 0 Å². The van der Waals surface area contributed by atoms with E-state index in [1.165, 1.54) is 4.68 Å². The van der Waals surface area contributed by atoms with E-state index in [0.717, 1.165) is 19.3 Å². The molecule has 2 saturated carbocycles. The van der Waals surface area contributed by atoms with E-state index in [9.17, 15) is 14.7 Å². The van der Waals surface area contributed by atoms with Crippen molar-refractivity contribution in [2.75, 3.05) is 11.9 Å². The molecule has 2 N–H and O–H groups in total. The van der Waals surface area contributed by atoms with E-state index in [2.05, 4.69) is 27.5 Å². The van der Waals surface area contributed by atoms with Gasteiger partial charge in [-0.1, -0.05) is 12.1 Å². The average Bonchev–Trinajstić information content (AvgIpc) is 3.36. The van der Waals surface area contributed by atoms with Crippen LogP contribution in [0, 0.1) is 24.7 Å². The Labute approximate surface area is 186 Å². The minimum absolute atomic E-state index is 0.145. The number of aryl methyl sites for hydroxylation is 2. The van der Waals surface area contributed by atoms with Crippen molar-refractivity contribution in [3.05, 3.63) is 17.8 Å². The third-order valence-corrected chi connectivity index (χ3v) is 6.30. The highest BCUT2D eigenvalue weighted by molar-refractivity contribution is 5.88. The highest BCUT2D eigenvalue weighted by atomic mass is 16.5. The summed E-state index contributed by atoms with van der Waals surface area (Å²) in [5.74, 6) is 0.927. The van der Waals surface area contributed by atoms with Crippen LogP contribution >= 0.6 is 0 Å². The monoisotopic (exact) mass is 443 g/mol. The van der Waals surface area contributed by atoms with E-state index in [-0.39, 0.29) is 12.0 Å². The number of carboxylic acid groups (broad SMARTS) is 1. The first-order valence-electron chi connectivity index (χ1n) is 11.0. The molecule has 2 heterocycles. The summed E-state index contributed by atoms with van der Waals surface area (Å²) in [5.41, 5.74) is 1.63. The largest absolute Gasteiger partial charge is 0.489 e.